The highest BCUT2D eigenvalue weighted by Crippen LogP contribution is 2.26. The number of carbonyl (C=O) groups is 3. The highest BCUT2D eigenvalue weighted by Gasteiger charge is 2.24. The minimum absolute atomic E-state index is 0.121. The van der Waals surface area contributed by atoms with E-state index in [1.54, 1.807) is 40.7 Å². The Morgan fingerprint density at radius 1 is 0.744 bits per heavy atom. The molecule has 0 bridgehead atoms. The van der Waals surface area contributed by atoms with Gasteiger partial charge < -0.3 is 4.90 Å². The van der Waals surface area contributed by atoms with Crippen molar-refractivity contribution < 1.29 is 19.6 Å². The van der Waals surface area contributed by atoms with Crippen LogP contribution in [0.3, 0.4) is 0 Å². The second kappa shape index (κ2) is 13.5. The molecule has 7 heteroatoms. The largest absolute Gasteiger partial charge is 0.324 e. The van der Waals surface area contributed by atoms with E-state index in [0.717, 1.165) is 22.3 Å². The first-order chi connectivity index (χ1) is 19.0. The molecule has 0 atom stereocenters. The van der Waals surface area contributed by atoms with Crippen LogP contribution in [0.15, 0.2) is 121 Å². The average Bonchev–Trinajstić information content (AvgIpc) is 2.99. The Morgan fingerprint density at radius 2 is 1.28 bits per heavy atom. The molecule has 0 spiro atoms. The smallest absolute Gasteiger partial charge is 0.319 e. The van der Waals surface area contributed by atoms with Gasteiger partial charge in [-0.25, -0.2) is 10.3 Å². The van der Waals surface area contributed by atoms with Crippen LogP contribution in [0.5, 0.6) is 0 Å². The molecule has 0 aliphatic carbocycles. The fraction of sp³-hybridized carbons (Fsp3) is 0.0938. The molecule has 4 amide bonds. The molecule has 4 rings (SSSR count). The minimum atomic E-state index is -0.627. The Bertz CT molecular complexity index is 1370. The summed E-state index contributed by atoms with van der Waals surface area (Å²) in [6.45, 7) is 0.589. The van der Waals surface area contributed by atoms with Gasteiger partial charge in [0.2, 0.25) is 0 Å². The van der Waals surface area contributed by atoms with Crippen molar-refractivity contribution in [1.29, 1.82) is 0 Å². The Morgan fingerprint density at radius 3 is 1.82 bits per heavy atom. The van der Waals surface area contributed by atoms with Crippen molar-refractivity contribution in [3.63, 3.8) is 0 Å². The second-order valence-corrected chi connectivity index (χ2v) is 8.93. The Kier molecular flexibility index (Phi) is 9.37. The standard InChI is InChI=1S/C32H29N3O4/c36-30(34-39)21-20-24-16-18-25(19-17-24)22-35(32(38)33-31(37)28-14-8-3-9-15-28)23-29(26-10-4-1-5-11-26)27-12-6-2-7-13-27/h1-21,29,39H,22-23H2,(H,34,36)(H,33,37,38)/b21-20+. The lowest BCUT2D eigenvalue weighted by Crippen LogP contribution is -2.44. The van der Waals surface area contributed by atoms with E-state index in [4.69, 9.17) is 5.21 Å². The highest BCUT2D eigenvalue weighted by molar-refractivity contribution is 6.04. The quantitative estimate of drug-likeness (QED) is 0.157. The van der Waals surface area contributed by atoms with E-state index < -0.39 is 17.8 Å². The summed E-state index contributed by atoms with van der Waals surface area (Å²) in [4.78, 5) is 39.2. The highest BCUT2D eigenvalue weighted by atomic mass is 16.5. The van der Waals surface area contributed by atoms with Gasteiger partial charge in [-0.1, -0.05) is 103 Å². The number of urea groups is 1. The monoisotopic (exact) mass is 519 g/mol. The van der Waals surface area contributed by atoms with Crippen molar-refractivity contribution in [1.82, 2.24) is 15.7 Å². The normalized spacial score (nSPS) is 10.8. The number of amides is 4. The molecule has 0 aliphatic heterocycles. The summed E-state index contributed by atoms with van der Waals surface area (Å²) in [5.74, 6) is -1.22. The van der Waals surface area contributed by atoms with E-state index in [9.17, 15) is 14.4 Å². The summed E-state index contributed by atoms with van der Waals surface area (Å²) in [5.41, 5.74) is 5.66. The lowest BCUT2D eigenvalue weighted by atomic mass is 9.90. The number of carbonyl (C=O) groups excluding carboxylic acids is 3. The maximum absolute atomic E-state index is 13.5. The van der Waals surface area contributed by atoms with Crippen LogP contribution in [0.1, 0.15) is 38.5 Å². The number of rotatable bonds is 9. The van der Waals surface area contributed by atoms with E-state index in [1.165, 1.54) is 6.08 Å². The van der Waals surface area contributed by atoms with Crippen LogP contribution in [0.2, 0.25) is 0 Å². The summed E-state index contributed by atoms with van der Waals surface area (Å²) in [6.07, 6.45) is 2.79. The first-order valence-electron chi connectivity index (χ1n) is 12.5. The van der Waals surface area contributed by atoms with Crippen LogP contribution in [0.25, 0.3) is 6.08 Å². The fourth-order valence-electron chi connectivity index (χ4n) is 4.22. The zero-order chi connectivity index (χ0) is 27.5. The average molecular weight is 520 g/mol. The van der Waals surface area contributed by atoms with Crippen LogP contribution < -0.4 is 10.8 Å². The maximum Gasteiger partial charge on any atom is 0.324 e. The van der Waals surface area contributed by atoms with Crippen molar-refractivity contribution in [3.05, 3.63) is 149 Å². The van der Waals surface area contributed by atoms with Gasteiger partial charge in [0.25, 0.3) is 11.8 Å². The van der Waals surface area contributed by atoms with E-state index in [1.807, 2.05) is 91.0 Å². The number of hydrogen-bond donors (Lipinski definition) is 3. The van der Waals surface area contributed by atoms with Gasteiger partial charge in [-0.2, -0.15) is 0 Å². The molecule has 0 aromatic heterocycles. The van der Waals surface area contributed by atoms with E-state index in [2.05, 4.69) is 5.32 Å². The topological polar surface area (TPSA) is 98.7 Å². The van der Waals surface area contributed by atoms with Crippen LogP contribution in [0.4, 0.5) is 4.79 Å². The molecule has 0 saturated carbocycles. The molecular weight excluding hydrogens is 490 g/mol. The molecule has 39 heavy (non-hydrogen) atoms. The molecule has 0 radical (unpaired) electrons. The van der Waals surface area contributed by atoms with Crippen molar-refractivity contribution in [3.8, 4) is 0 Å². The van der Waals surface area contributed by atoms with Gasteiger partial charge in [-0.3, -0.25) is 20.1 Å². The first-order valence-corrected chi connectivity index (χ1v) is 12.5. The molecule has 0 saturated heterocycles. The predicted octanol–water partition coefficient (Wildman–Crippen LogP) is 5.39. The van der Waals surface area contributed by atoms with E-state index >= 15 is 0 Å². The van der Waals surface area contributed by atoms with Gasteiger partial charge in [-0.15, -0.1) is 0 Å². The van der Waals surface area contributed by atoms with Crippen molar-refractivity contribution >= 4 is 23.9 Å². The molecule has 3 N–H and O–H groups in total. The van der Waals surface area contributed by atoms with Crippen molar-refractivity contribution in [2.75, 3.05) is 6.54 Å². The van der Waals surface area contributed by atoms with Crippen LogP contribution in [0, 0.1) is 0 Å². The van der Waals surface area contributed by atoms with Crippen LogP contribution >= 0.6 is 0 Å². The molecule has 7 nitrogen and oxygen atoms in total. The van der Waals surface area contributed by atoms with Crippen LogP contribution in [-0.4, -0.2) is 34.5 Å². The minimum Gasteiger partial charge on any atom is -0.319 e. The zero-order valence-corrected chi connectivity index (χ0v) is 21.2. The number of hydroxylamine groups is 1. The number of benzene rings is 4. The Labute approximate surface area is 227 Å². The van der Waals surface area contributed by atoms with E-state index in [0.29, 0.717) is 12.1 Å². The number of nitrogens with zero attached hydrogens (tertiary/aromatic N) is 1. The molecule has 4 aromatic carbocycles. The maximum atomic E-state index is 13.5. The number of imide groups is 1. The molecule has 0 unspecified atom stereocenters. The third kappa shape index (κ3) is 7.74. The summed E-state index contributed by atoms with van der Waals surface area (Å²) < 4.78 is 0. The molecule has 0 heterocycles. The first kappa shape index (κ1) is 27.0. The number of hydrogen-bond acceptors (Lipinski definition) is 4. The third-order valence-electron chi connectivity index (χ3n) is 6.24. The number of nitrogens with one attached hydrogen (secondary N) is 2. The fourth-order valence-corrected chi connectivity index (χ4v) is 4.22. The van der Waals surface area contributed by atoms with Gasteiger partial charge >= 0.3 is 6.03 Å². The summed E-state index contributed by atoms with van der Waals surface area (Å²) in [6, 6.07) is 35.4. The summed E-state index contributed by atoms with van der Waals surface area (Å²) >= 11 is 0. The molecule has 4 aromatic rings. The van der Waals surface area contributed by atoms with Crippen molar-refractivity contribution in [2.45, 2.75) is 12.5 Å². The van der Waals surface area contributed by atoms with Gasteiger partial charge in [-0.05, 0) is 40.5 Å². The molecule has 0 aliphatic rings. The van der Waals surface area contributed by atoms with E-state index in [-0.39, 0.29) is 12.5 Å². The summed E-state index contributed by atoms with van der Waals surface area (Å²) in [7, 11) is 0. The summed E-state index contributed by atoms with van der Waals surface area (Å²) in [5, 5.41) is 11.2. The third-order valence-corrected chi connectivity index (χ3v) is 6.24. The lowest BCUT2D eigenvalue weighted by molar-refractivity contribution is -0.124. The van der Waals surface area contributed by atoms with Gasteiger partial charge in [0, 0.05) is 30.6 Å². The lowest BCUT2D eigenvalue weighted by Gasteiger charge is -2.28. The molecule has 0 fully saturated rings. The molecular formula is C32H29N3O4. The zero-order valence-electron chi connectivity index (χ0n) is 21.2. The Hall–Kier alpha value is -5.01. The van der Waals surface area contributed by atoms with Crippen molar-refractivity contribution in [2.24, 2.45) is 0 Å². The van der Waals surface area contributed by atoms with Crippen LogP contribution in [-0.2, 0) is 11.3 Å². The van der Waals surface area contributed by atoms with Gasteiger partial charge in [0.05, 0.1) is 0 Å². The predicted molar refractivity (Wildman–Crippen MR) is 150 cm³/mol. The molecule has 196 valence electrons. The Balaban J connectivity index is 1.61. The van der Waals surface area contributed by atoms with Gasteiger partial charge in [0.1, 0.15) is 0 Å². The van der Waals surface area contributed by atoms with Gasteiger partial charge in [0.15, 0.2) is 0 Å². The SMILES string of the molecule is O=C(/C=C/c1ccc(CN(CC(c2ccccc2)c2ccccc2)C(=O)NC(=O)c2ccccc2)cc1)NO. The second-order valence-electron chi connectivity index (χ2n) is 8.93.